The van der Waals surface area contributed by atoms with E-state index in [1.54, 1.807) is 6.20 Å². The van der Waals surface area contributed by atoms with Gasteiger partial charge in [0.2, 0.25) is 0 Å². The van der Waals surface area contributed by atoms with Gasteiger partial charge in [0.1, 0.15) is 11.5 Å². The lowest BCUT2D eigenvalue weighted by Gasteiger charge is -2.32. The van der Waals surface area contributed by atoms with Crippen molar-refractivity contribution in [1.29, 1.82) is 0 Å². The fraction of sp³-hybridized carbons (Fsp3) is 0.259. The molecule has 196 valence electrons. The highest BCUT2D eigenvalue weighted by atomic mass is 19.4. The Kier molecular flexibility index (Phi) is 6.29. The zero-order valence-electron chi connectivity index (χ0n) is 21.0. The van der Waals surface area contributed by atoms with Crippen molar-refractivity contribution in [2.24, 2.45) is 0 Å². The second kappa shape index (κ2) is 9.47. The van der Waals surface area contributed by atoms with E-state index >= 15 is 0 Å². The fourth-order valence-corrected chi connectivity index (χ4v) is 4.64. The normalized spacial score (nSPS) is 15.5. The molecule has 0 fully saturated rings. The van der Waals surface area contributed by atoms with Gasteiger partial charge in [0.25, 0.3) is 11.8 Å². The molecule has 38 heavy (non-hydrogen) atoms. The highest BCUT2D eigenvalue weighted by molar-refractivity contribution is 6.12. The number of pyridine rings is 1. The van der Waals surface area contributed by atoms with Gasteiger partial charge in [-0.25, -0.2) is 4.98 Å². The lowest BCUT2D eigenvalue weighted by atomic mass is 10.1. The van der Waals surface area contributed by atoms with Gasteiger partial charge in [-0.2, -0.15) is 18.3 Å². The second-order valence-electron chi connectivity index (χ2n) is 9.32. The van der Waals surface area contributed by atoms with Crippen LogP contribution in [0, 0.1) is 13.8 Å². The molecule has 0 radical (unpaired) electrons. The molecule has 5 rings (SSSR count). The number of alkyl halides is 3. The van der Waals surface area contributed by atoms with E-state index < -0.39 is 23.6 Å². The lowest BCUT2D eigenvalue weighted by Crippen LogP contribution is -2.43. The van der Waals surface area contributed by atoms with Gasteiger partial charge < -0.3 is 14.8 Å². The van der Waals surface area contributed by atoms with Crippen LogP contribution in [0.2, 0.25) is 0 Å². The summed E-state index contributed by atoms with van der Waals surface area (Å²) < 4.78 is 42.4. The number of rotatable bonds is 5. The van der Waals surface area contributed by atoms with Crippen molar-refractivity contribution in [1.82, 2.24) is 24.6 Å². The van der Waals surface area contributed by atoms with Gasteiger partial charge in [-0.1, -0.05) is 6.07 Å². The van der Waals surface area contributed by atoms with E-state index in [9.17, 15) is 22.8 Å². The Morgan fingerprint density at radius 1 is 1.03 bits per heavy atom. The van der Waals surface area contributed by atoms with Crippen molar-refractivity contribution in [3.05, 3.63) is 94.7 Å². The molecule has 3 aromatic heterocycles. The zero-order valence-corrected chi connectivity index (χ0v) is 21.0. The van der Waals surface area contributed by atoms with Gasteiger partial charge in [-0.3, -0.25) is 14.3 Å². The van der Waals surface area contributed by atoms with E-state index in [-0.39, 0.29) is 30.4 Å². The van der Waals surface area contributed by atoms with Crippen LogP contribution in [0.4, 0.5) is 18.9 Å². The van der Waals surface area contributed by atoms with E-state index in [1.807, 2.05) is 49.6 Å². The zero-order chi connectivity index (χ0) is 27.2. The number of anilines is 1. The van der Waals surface area contributed by atoms with Gasteiger partial charge >= 0.3 is 6.18 Å². The summed E-state index contributed by atoms with van der Waals surface area (Å²) in [5.74, 6) is -0.218. The Balaban J connectivity index is 1.32. The van der Waals surface area contributed by atoms with Gasteiger partial charge in [0, 0.05) is 36.4 Å². The summed E-state index contributed by atoms with van der Waals surface area (Å²) in [5.41, 5.74) is 2.60. The van der Waals surface area contributed by atoms with E-state index in [1.165, 1.54) is 27.9 Å². The molecule has 0 saturated carbocycles. The Labute approximate surface area is 216 Å². The maximum absolute atomic E-state index is 13.4. The Morgan fingerprint density at radius 2 is 1.71 bits per heavy atom. The molecule has 1 aromatic carbocycles. The number of hydrogen-bond acceptors (Lipinski definition) is 4. The van der Waals surface area contributed by atoms with Crippen LogP contribution in [-0.2, 0) is 12.7 Å². The minimum atomic E-state index is -4.47. The molecule has 1 aliphatic heterocycles. The van der Waals surface area contributed by atoms with Crippen molar-refractivity contribution in [2.75, 3.05) is 11.4 Å². The number of nitrogens with one attached hydrogen (secondary N) is 1. The number of nitrogens with zero attached hydrogens (tertiary/aromatic N) is 5. The molecule has 1 atom stereocenters. The third kappa shape index (κ3) is 4.55. The maximum atomic E-state index is 13.4. The summed E-state index contributed by atoms with van der Waals surface area (Å²) in [4.78, 5) is 32.3. The quantitative estimate of drug-likeness (QED) is 0.406. The van der Waals surface area contributed by atoms with Crippen LogP contribution in [0.25, 0.3) is 5.82 Å². The topological polar surface area (TPSA) is 85.0 Å². The summed E-state index contributed by atoms with van der Waals surface area (Å²) in [6, 6.07) is 11.9. The molecule has 1 aliphatic rings. The minimum Gasteiger partial charge on any atom is -0.348 e. The molecule has 0 aliphatic carbocycles. The number of carbonyl (C=O) groups is 2. The van der Waals surface area contributed by atoms with Crippen molar-refractivity contribution in [3.8, 4) is 5.82 Å². The van der Waals surface area contributed by atoms with Gasteiger partial charge in [0.05, 0.1) is 23.4 Å². The number of aromatic nitrogens is 4. The predicted molar refractivity (Wildman–Crippen MR) is 134 cm³/mol. The molecule has 4 aromatic rings. The van der Waals surface area contributed by atoms with Crippen LogP contribution in [0.5, 0.6) is 0 Å². The first-order chi connectivity index (χ1) is 18.0. The van der Waals surface area contributed by atoms with Gasteiger partial charge in [-0.15, -0.1) is 0 Å². The standard InChI is InChI=1S/C27H25F3N6O2/c1-16-4-5-17(2)35(16)23-11-6-19(12-31-23)13-32-25(37)22-14-33-36-18(3)15-34(26(38)24(22)36)21-9-7-20(8-10-21)27(28,29)30/h4-12,14,18H,13,15H2,1-3H3,(H,32,37)/t18-/m0/s1. The van der Waals surface area contributed by atoms with Crippen molar-refractivity contribution >= 4 is 17.5 Å². The smallest absolute Gasteiger partial charge is 0.348 e. The summed E-state index contributed by atoms with van der Waals surface area (Å²) in [6.07, 6.45) is -1.45. The molecule has 4 heterocycles. The van der Waals surface area contributed by atoms with Crippen LogP contribution in [-0.4, -0.2) is 37.7 Å². The van der Waals surface area contributed by atoms with Crippen LogP contribution < -0.4 is 10.2 Å². The molecule has 8 nitrogen and oxygen atoms in total. The van der Waals surface area contributed by atoms with Gasteiger partial charge in [0.15, 0.2) is 0 Å². The number of amides is 2. The lowest BCUT2D eigenvalue weighted by molar-refractivity contribution is -0.137. The van der Waals surface area contributed by atoms with E-state index in [0.717, 1.165) is 34.9 Å². The fourth-order valence-electron chi connectivity index (χ4n) is 4.64. The number of fused-ring (bicyclic) bond motifs is 1. The van der Waals surface area contributed by atoms with Crippen LogP contribution >= 0.6 is 0 Å². The Bertz CT molecular complexity index is 1480. The summed E-state index contributed by atoms with van der Waals surface area (Å²) in [7, 11) is 0. The highest BCUT2D eigenvalue weighted by Gasteiger charge is 2.36. The molecule has 0 unspecified atom stereocenters. The molecular formula is C27H25F3N6O2. The third-order valence-corrected chi connectivity index (χ3v) is 6.62. The molecule has 0 spiro atoms. The number of benzene rings is 1. The SMILES string of the molecule is Cc1ccc(C)n1-c1ccc(CNC(=O)c2cnn3c2C(=O)N(c2ccc(C(F)(F)F)cc2)C[C@@H]3C)cn1. The Hall–Kier alpha value is -4.41. The molecule has 11 heteroatoms. The van der Waals surface area contributed by atoms with E-state index in [2.05, 4.69) is 15.4 Å². The first kappa shape index (κ1) is 25.2. The van der Waals surface area contributed by atoms with Gasteiger partial charge in [-0.05, 0) is 68.8 Å². The Morgan fingerprint density at radius 3 is 2.32 bits per heavy atom. The van der Waals surface area contributed by atoms with E-state index in [0.29, 0.717) is 5.69 Å². The average Bonchev–Trinajstić information content (AvgIpc) is 3.49. The number of carbonyl (C=O) groups excluding carboxylic acids is 2. The maximum Gasteiger partial charge on any atom is 0.416 e. The average molecular weight is 523 g/mol. The predicted octanol–water partition coefficient (Wildman–Crippen LogP) is 4.86. The van der Waals surface area contributed by atoms with Crippen LogP contribution in [0.15, 0.2) is 60.9 Å². The number of hydrogen-bond donors (Lipinski definition) is 1. The monoisotopic (exact) mass is 522 g/mol. The molecule has 0 saturated heterocycles. The van der Waals surface area contributed by atoms with Crippen LogP contribution in [0.1, 0.15) is 56.3 Å². The summed E-state index contributed by atoms with van der Waals surface area (Å²) in [6.45, 7) is 6.21. The molecule has 1 N–H and O–H groups in total. The van der Waals surface area contributed by atoms with E-state index in [4.69, 9.17) is 0 Å². The van der Waals surface area contributed by atoms with Crippen molar-refractivity contribution in [2.45, 2.75) is 39.5 Å². The number of aryl methyl sites for hydroxylation is 2. The highest BCUT2D eigenvalue weighted by Crippen LogP contribution is 2.32. The third-order valence-electron chi connectivity index (χ3n) is 6.62. The number of halogens is 3. The summed E-state index contributed by atoms with van der Waals surface area (Å²) >= 11 is 0. The van der Waals surface area contributed by atoms with Crippen molar-refractivity contribution in [3.63, 3.8) is 0 Å². The molecule has 0 bridgehead atoms. The van der Waals surface area contributed by atoms with Crippen LogP contribution in [0.3, 0.4) is 0 Å². The largest absolute Gasteiger partial charge is 0.416 e. The van der Waals surface area contributed by atoms with Crippen molar-refractivity contribution < 1.29 is 22.8 Å². The first-order valence-corrected chi connectivity index (χ1v) is 12.0. The second-order valence-corrected chi connectivity index (χ2v) is 9.32. The summed E-state index contributed by atoms with van der Waals surface area (Å²) in [5, 5.41) is 7.05. The molecule has 2 amide bonds. The molecular weight excluding hydrogens is 497 g/mol. The first-order valence-electron chi connectivity index (χ1n) is 12.0. The minimum absolute atomic E-state index is 0.0909.